The number of hydrogen-bond donors (Lipinski definition) is 1. The highest BCUT2D eigenvalue weighted by Crippen LogP contribution is 2.19. The minimum absolute atomic E-state index is 0.109. The second-order valence-electron chi connectivity index (χ2n) is 3.28. The molecule has 0 aliphatic rings. The molecule has 3 nitrogen and oxygen atoms in total. The van der Waals surface area contributed by atoms with Gasteiger partial charge in [-0.3, -0.25) is 0 Å². The lowest BCUT2D eigenvalue weighted by Crippen LogP contribution is -2.05. The maximum Gasteiger partial charge on any atom is 0.196 e. The molecule has 88 valence electrons. The zero-order chi connectivity index (χ0) is 12.3. The molecule has 0 amide bonds. The van der Waals surface area contributed by atoms with Gasteiger partial charge < -0.3 is 5.32 Å². The lowest BCUT2D eigenvalue weighted by molar-refractivity contribution is 0.449. The average Bonchev–Trinajstić information content (AvgIpc) is 2.36. The first-order valence-corrected chi connectivity index (χ1v) is 4.80. The van der Waals surface area contributed by atoms with Crippen LogP contribution in [0.2, 0.25) is 0 Å². The first-order chi connectivity index (χ1) is 8.18. The van der Waals surface area contributed by atoms with Gasteiger partial charge in [-0.2, -0.15) is 0 Å². The molecule has 1 aromatic carbocycles. The topological polar surface area (TPSA) is 37.8 Å². The Bertz CT molecular complexity index is 517. The lowest BCUT2D eigenvalue weighted by atomic mass is 10.2. The minimum Gasteiger partial charge on any atom is -0.377 e. The van der Waals surface area contributed by atoms with Gasteiger partial charge in [-0.1, -0.05) is 0 Å². The minimum atomic E-state index is -1.49. The van der Waals surface area contributed by atoms with E-state index in [1.54, 1.807) is 6.07 Å². The summed E-state index contributed by atoms with van der Waals surface area (Å²) in [6.07, 6.45) is 2.88. The van der Waals surface area contributed by atoms with Gasteiger partial charge in [-0.15, -0.1) is 0 Å². The molecule has 0 fully saturated rings. The van der Waals surface area contributed by atoms with Crippen LogP contribution in [0.1, 0.15) is 5.69 Å². The van der Waals surface area contributed by atoms with Gasteiger partial charge in [0.1, 0.15) is 6.33 Å². The smallest absolute Gasteiger partial charge is 0.196 e. The Hall–Kier alpha value is -2.11. The molecule has 1 aromatic heterocycles. The van der Waals surface area contributed by atoms with Crippen molar-refractivity contribution in [2.75, 3.05) is 5.32 Å². The molecule has 0 saturated carbocycles. The van der Waals surface area contributed by atoms with Gasteiger partial charge in [0.15, 0.2) is 17.5 Å². The highest BCUT2D eigenvalue weighted by Gasteiger charge is 2.12. The second kappa shape index (κ2) is 4.82. The van der Waals surface area contributed by atoms with Crippen molar-refractivity contribution >= 4 is 5.69 Å². The summed E-state index contributed by atoms with van der Waals surface area (Å²) >= 11 is 0. The first-order valence-electron chi connectivity index (χ1n) is 4.80. The summed E-state index contributed by atoms with van der Waals surface area (Å²) in [6.45, 7) is 0.199. The molecule has 0 spiro atoms. The Morgan fingerprint density at radius 1 is 1.06 bits per heavy atom. The summed E-state index contributed by atoms with van der Waals surface area (Å²) in [4.78, 5) is 7.62. The van der Waals surface area contributed by atoms with Gasteiger partial charge in [0.25, 0.3) is 0 Å². The lowest BCUT2D eigenvalue weighted by Gasteiger charge is -2.07. The van der Waals surface area contributed by atoms with E-state index in [2.05, 4.69) is 15.3 Å². The van der Waals surface area contributed by atoms with Crippen LogP contribution in [0.3, 0.4) is 0 Å². The fourth-order valence-corrected chi connectivity index (χ4v) is 1.27. The number of hydrogen-bond acceptors (Lipinski definition) is 3. The summed E-state index contributed by atoms with van der Waals surface area (Å²) in [7, 11) is 0. The molecule has 1 heterocycles. The Kier molecular flexibility index (Phi) is 3.22. The number of rotatable bonds is 3. The SMILES string of the molecule is Fc1ccc(NCc2ccncn2)c(F)c1F. The van der Waals surface area contributed by atoms with Crippen LogP contribution in [0.4, 0.5) is 18.9 Å². The van der Waals surface area contributed by atoms with Crippen molar-refractivity contribution in [3.8, 4) is 0 Å². The molecule has 6 heteroatoms. The molecule has 1 N–H and O–H groups in total. The van der Waals surface area contributed by atoms with E-state index in [4.69, 9.17) is 0 Å². The molecule has 2 aromatic rings. The van der Waals surface area contributed by atoms with Crippen molar-refractivity contribution < 1.29 is 13.2 Å². The fourth-order valence-electron chi connectivity index (χ4n) is 1.27. The monoisotopic (exact) mass is 239 g/mol. The molecule has 0 atom stereocenters. The number of halogens is 3. The molecule has 0 bridgehead atoms. The average molecular weight is 239 g/mol. The fraction of sp³-hybridized carbons (Fsp3) is 0.0909. The molecular formula is C11H8F3N3. The van der Waals surface area contributed by atoms with Crippen molar-refractivity contribution in [3.63, 3.8) is 0 Å². The number of nitrogens with zero attached hydrogens (tertiary/aromatic N) is 2. The highest BCUT2D eigenvalue weighted by molar-refractivity contribution is 5.45. The van der Waals surface area contributed by atoms with E-state index in [9.17, 15) is 13.2 Å². The summed E-state index contributed by atoms with van der Waals surface area (Å²) < 4.78 is 38.8. The van der Waals surface area contributed by atoms with Gasteiger partial charge in [-0.05, 0) is 18.2 Å². The Labute approximate surface area is 95.3 Å². The Morgan fingerprint density at radius 2 is 1.88 bits per heavy atom. The quantitative estimate of drug-likeness (QED) is 0.836. The maximum atomic E-state index is 13.3. The second-order valence-corrected chi connectivity index (χ2v) is 3.28. The third kappa shape index (κ3) is 2.52. The van der Waals surface area contributed by atoms with E-state index < -0.39 is 17.5 Å². The zero-order valence-electron chi connectivity index (χ0n) is 8.62. The predicted molar refractivity (Wildman–Crippen MR) is 55.7 cm³/mol. The van der Waals surface area contributed by atoms with E-state index >= 15 is 0 Å². The third-order valence-electron chi connectivity index (χ3n) is 2.14. The van der Waals surface area contributed by atoms with Crippen molar-refractivity contribution in [1.29, 1.82) is 0 Å². The maximum absolute atomic E-state index is 13.3. The highest BCUT2D eigenvalue weighted by atomic mass is 19.2. The normalized spacial score (nSPS) is 10.3. The van der Waals surface area contributed by atoms with E-state index in [-0.39, 0.29) is 12.2 Å². The standard InChI is InChI=1S/C11H8F3N3/c12-8-1-2-9(11(14)10(8)13)16-5-7-3-4-15-6-17-7/h1-4,6,16H,5H2. The number of nitrogens with one attached hydrogen (secondary N) is 1. The van der Waals surface area contributed by atoms with E-state index in [1.807, 2.05) is 0 Å². The van der Waals surface area contributed by atoms with Gasteiger partial charge in [-0.25, -0.2) is 23.1 Å². The van der Waals surface area contributed by atoms with Crippen molar-refractivity contribution in [2.45, 2.75) is 6.54 Å². The number of aromatic nitrogens is 2. The summed E-state index contributed by atoms with van der Waals surface area (Å²) in [5.74, 6) is -3.94. The van der Waals surface area contributed by atoms with Crippen LogP contribution in [-0.2, 0) is 6.54 Å². The molecule has 0 aliphatic carbocycles. The van der Waals surface area contributed by atoms with Crippen LogP contribution < -0.4 is 5.32 Å². The molecular weight excluding hydrogens is 231 g/mol. The van der Waals surface area contributed by atoms with Crippen LogP contribution in [0.5, 0.6) is 0 Å². The number of benzene rings is 1. The Balaban J connectivity index is 2.13. The van der Waals surface area contributed by atoms with Crippen LogP contribution in [-0.4, -0.2) is 9.97 Å². The predicted octanol–water partition coefficient (Wildman–Crippen LogP) is 2.51. The van der Waals surface area contributed by atoms with E-state index in [0.717, 1.165) is 12.1 Å². The van der Waals surface area contributed by atoms with Gasteiger partial charge in [0.05, 0.1) is 17.9 Å². The molecule has 0 saturated heterocycles. The first kappa shape index (κ1) is 11.4. The molecule has 0 aliphatic heterocycles. The van der Waals surface area contributed by atoms with Crippen molar-refractivity contribution in [1.82, 2.24) is 9.97 Å². The molecule has 0 radical (unpaired) electrons. The van der Waals surface area contributed by atoms with Crippen molar-refractivity contribution in [3.05, 3.63) is 53.9 Å². The summed E-state index contributed by atoms with van der Waals surface area (Å²) in [5.41, 5.74) is 0.506. The molecule has 0 unspecified atom stereocenters. The van der Waals surface area contributed by atoms with Gasteiger partial charge >= 0.3 is 0 Å². The third-order valence-corrected chi connectivity index (χ3v) is 2.14. The molecule has 2 rings (SSSR count). The van der Waals surface area contributed by atoms with Crippen molar-refractivity contribution in [2.24, 2.45) is 0 Å². The van der Waals surface area contributed by atoms with E-state index in [1.165, 1.54) is 12.5 Å². The summed E-state index contributed by atoms with van der Waals surface area (Å²) in [5, 5.41) is 2.63. The van der Waals surface area contributed by atoms with Crippen LogP contribution >= 0.6 is 0 Å². The van der Waals surface area contributed by atoms with Gasteiger partial charge in [0, 0.05) is 6.20 Å². The van der Waals surface area contributed by atoms with E-state index in [0.29, 0.717) is 5.69 Å². The van der Waals surface area contributed by atoms with Crippen LogP contribution in [0, 0.1) is 17.5 Å². The summed E-state index contributed by atoms with van der Waals surface area (Å²) in [6, 6.07) is 3.63. The molecule has 17 heavy (non-hydrogen) atoms. The zero-order valence-corrected chi connectivity index (χ0v) is 8.62. The Morgan fingerprint density at radius 3 is 2.59 bits per heavy atom. The largest absolute Gasteiger partial charge is 0.377 e. The van der Waals surface area contributed by atoms with Crippen LogP contribution in [0.25, 0.3) is 0 Å². The van der Waals surface area contributed by atoms with Gasteiger partial charge in [0.2, 0.25) is 0 Å². The van der Waals surface area contributed by atoms with Crippen LogP contribution in [0.15, 0.2) is 30.7 Å². The number of anilines is 1.